The summed E-state index contributed by atoms with van der Waals surface area (Å²) in [4.78, 5) is 11.4. The number of Topliss-reactive ketones (excluding diaryl/α,β-unsaturated/α-hetero) is 1. The average molecular weight is 169 g/mol. The Morgan fingerprint density at radius 3 is 2.67 bits per heavy atom. The number of carbonyl (C=O) groups excluding carboxylic acids is 1. The normalized spacial score (nSPS) is 15.2. The van der Waals surface area contributed by atoms with E-state index < -0.39 is 5.54 Å². The fourth-order valence-corrected chi connectivity index (χ4v) is 0.890. The molecule has 1 unspecified atom stereocenters. The summed E-state index contributed by atoms with van der Waals surface area (Å²) in [6.07, 6.45) is 4.88. The van der Waals surface area contributed by atoms with Gasteiger partial charge >= 0.3 is 0 Å². The van der Waals surface area contributed by atoms with E-state index in [9.17, 15) is 4.79 Å². The summed E-state index contributed by atoms with van der Waals surface area (Å²) >= 11 is 0. The summed E-state index contributed by atoms with van der Waals surface area (Å²) in [5, 5.41) is 0. The Hall–Kier alpha value is -0.630. The van der Waals surface area contributed by atoms with Crippen LogP contribution in [0.2, 0.25) is 0 Å². The van der Waals surface area contributed by atoms with E-state index in [0.29, 0.717) is 12.8 Å². The zero-order valence-electron chi connectivity index (χ0n) is 8.10. The van der Waals surface area contributed by atoms with E-state index in [1.807, 2.05) is 13.0 Å². The predicted molar refractivity (Wildman–Crippen MR) is 51.9 cm³/mol. The number of nitrogens with two attached hydrogens (primary N) is 1. The molecule has 0 bridgehead atoms. The lowest BCUT2D eigenvalue weighted by Gasteiger charge is -2.20. The van der Waals surface area contributed by atoms with Crippen LogP contribution in [0.5, 0.6) is 0 Å². The van der Waals surface area contributed by atoms with Gasteiger partial charge in [0.15, 0.2) is 5.78 Å². The van der Waals surface area contributed by atoms with Gasteiger partial charge in [-0.15, -0.1) is 6.58 Å². The molecule has 12 heavy (non-hydrogen) atoms. The number of rotatable bonds is 6. The maximum atomic E-state index is 11.4. The van der Waals surface area contributed by atoms with Crippen molar-refractivity contribution in [3.63, 3.8) is 0 Å². The Balaban J connectivity index is 3.79. The van der Waals surface area contributed by atoms with Gasteiger partial charge in [0.1, 0.15) is 0 Å². The van der Waals surface area contributed by atoms with E-state index in [4.69, 9.17) is 5.73 Å². The summed E-state index contributed by atoms with van der Waals surface area (Å²) in [5.74, 6) is 0.159. The Morgan fingerprint density at radius 1 is 1.67 bits per heavy atom. The summed E-state index contributed by atoms with van der Waals surface area (Å²) in [7, 11) is 0. The summed E-state index contributed by atoms with van der Waals surface area (Å²) < 4.78 is 0. The number of hydrogen-bond donors (Lipinski definition) is 1. The van der Waals surface area contributed by atoms with Gasteiger partial charge in [0.2, 0.25) is 0 Å². The Kier molecular flexibility index (Phi) is 4.83. The first-order valence-electron chi connectivity index (χ1n) is 4.47. The van der Waals surface area contributed by atoms with Gasteiger partial charge in [0.25, 0.3) is 0 Å². The van der Waals surface area contributed by atoms with Gasteiger partial charge < -0.3 is 5.73 Å². The van der Waals surface area contributed by atoms with Gasteiger partial charge in [-0.3, -0.25) is 4.79 Å². The molecular weight excluding hydrogens is 150 g/mol. The van der Waals surface area contributed by atoms with E-state index >= 15 is 0 Å². The van der Waals surface area contributed by atoms with Crippen molar-refractivity contribution >= 4 is 5.78 Å². The summed E-state index contributed by atoms with van der Waals surface area (Å²) in [6.45, 7) is 7.33. The number of allylic oxidation sites excluding steroid dienone is 1. The van der Waals surface area contributed by atoms with Crippen LogP contribution in [0.4, 0.5) is 0 Å². The highest BCUT2D eigenvalue weighted by Crippen LogP contribution is 2.11. The minimum absolute atomic E-state index is 0.159. The fourth-order valence-electron chi connectivity index (χ4n) is 0.890. The van der Waals surface area contributed by atoms with E-state index in [-0.39, 0.29) is 5.78 Å². The van der Waals surface area contributed by atoms with Gasteiger partial charge in [0.05, 0.1) is 5.54 Å². The van der Waals surface area contributed by atoms with Crippen molar-refractivity contribution in [3.05, 3.63) is 12.7 Å². The quantitative estimate of drug-likeness (QED) is 0.488. The molecule has 70 valence electrons. The first-order valence-corrected chi connectivity index (χ1v) is 4.47. The zero-order valence-corrected chi connectivity index (χ0v) is 8.10. The third kappa shape index (κ3) is 3.67. The topological polar surface area (TPSA) is 43.1 Å². The molecule has 0 saturated heterocycles. The van der Waals surface area contributed by atoms with Crippen LogP contribution in [0.15, 0.2) is 12.7 Å². The third-order valence-electron chi connectivity index (χ3n) is 2.18. The van der Waals surface area contributed by atoms with Crippen LogP contribution >= 0.6 is 0 Å². The Morgan fingerprint density at radius 2 is 2.25 bits per heavy atom. The summed E-state index contributed by atoms with van der Waals surface area (Å²) in [6, 6.07) is 0. The highest BCUT2D eigenvalue weighted by atomic mass is 16.1. The highest BCUT2D eigenvalue weighted by Gasteiger charge is 2.24. The lowest BCUT2D eigenvalue weighted by atomic mass is 9.91. The highest BCUT2D eigenvalue weighted by molar-refractivity contribution is 5.87. The van der Waals surface area contributed by atoms with Crippen molar-refractivity contribution in [1.29, 1.82) is 0 Å². The molecule has 1 atom stereocenters. The monoisotopic (exact) mass is 169 g/mol. The molecule has 0 radical (unpaired) electrons. The second-order valence-corrected chi connectivity index (χ2v) is 3.38. The molecule has 0 rings (SSSR count). The lowest BCUT2D eigenvalue weighted by molar-refractivity contribution is -0.123. The molecule has 0 spiro atoms. The molecule has 0 aliphatic rings. The number of hydrogen-bond acceptors (Lipinski definition) is 2. The lowest BCUT2D eigenvalue weighted by Crippen LogP contribution is -2.44. The van der Waals surface area contributed by atoms with E-state index in [0.717, 1.165) is 12.8 Å². The molecule has 0 amide bonds. The Labute approximate surface area is 74.8 Å². The smallest absolute Gasteiger partial charge is 0.152 e. The largest absolute Gasteiger partial charge is 0.319 e. The molecule has 0 aliphatic carbocycles. The number of carbonyl (C=O) groups is 1. The van der Waals surface area contributed by atoms with Crippen LogP contribution in [-0.2, 0) is 4.79 Å². The molecule has 2 nitrogen and oxygen atoms in total. The molecule has 0 aromatic heterocycles. The third-order valence-corrected chi connectivity index (χ3v) is 2.18. The number of ketones is 1. The fraction of sp³-hybridized carbons (Fsp3) is 0.700. The van der Waals surface area contributed by atoms with Crippen molar-refractivity contribution in [2.24, 2.45) is 5.73 Å². The molecular formula is C10H19NO. The first-order chi connectivity index (χ1) is 5.54. The van der Waals surface area contributed by atoms with Crippen molar-refractivity contribution in [3.8, 4) is 0 Å². The molecule has 0 saturated carbocycles. The molecule has 0 heterocycles. The standard InChI is InChI=1S/C10H19NO/c1-4-6-7-8-9(12)10(3,11)5-2/h4H,1,5-8,11H2,2-3H3. The van der Waals surface area contributed by atoms with Crippen molar-refractivity contribution in [2.75, 3.05) is 0 Å². The summed E-state index contributed by atoms with van der Waals surface area (Å²) in [5.41, 5.74) is 5.14. The minimum atomic E-state index is -0.624. The maximum absolute atomic E-state index is 11.4. The number of unbranched alkanes of at least 4 members (excludes halogenated alkanes) is 1. The second-order valence-electron chi connectivity index (χ2n) is 3.38. The Bertz CT molecular complexity index is 161. The first kappa shape index (κ1) is 11.4. The van der Waals surface area contributed by atoms with Gasteiger partial charge in [-0.1, -0.05) is 13.0 Å². The molecule has 0 fully saturated rings. The van der Waals surface area contributed by atoms with Crippen molar-refractivity contribution in [2.45, 2.75) is 45.1 Å². The van der Waals surface area contributed by atoms with Crippen LogP contribution in [0.3, 0.4) is 0 Å². The average Bonchev–Trinajstić information content (AvgIpc) is 2.05. The van der Waals surface area contributed by atoms with Gasteiger partial charge in [-0.2, -0.15) is 0 Å². The second kappa shape index (κ2) is 5.09. The SMILES string of the molecule is C=CCCCC(=O)C(C)(N)CC. The van der Waals surface area contributed by atoms with Crippen LogP contribution < -0.4 is 5.73 Å². The van der Waals surface area contributed by atoms with E-state index in [1.54, 1.807) is 6.92 Å². The molecule has 0 aliphatic heterocycles. The van der Waals surface area contributed by atoms with E-state index in [1.165, 1.54) is 0 Å². The zero-order chi connectivity index (χ0) is 9.61. The van der Waals surface area contributed by atoms with Gasteiger partial charge in [-0.05, 0) is 26.2 Å². The molecule has 0 aromatic carbocycles. The van der Waals surface area contributed by atoms with E-state index in [2.05, 4.69) is 6.58 Å². The van der Waals surface area contributed by atoms with Crippen LogP contribution in [0.1, 0.15) is 39.5 Å². The van der Waals surface area contributed by atoms with Crippen molar-refractivity contribution < 1.29 is 4.79 Å². The van der Waals surface area contributed by atoms with Crippen LogP contribution in [-0.4, -0.2) is 11.3 Å². The van der Waals surface area contributed by atoms with Crippen LogP contribution in [0, 0.1) is 0 Å². The van der Waals surface area contributed by atoms with Crippen molar-refractivity contribution in [1.82, 2.24) is 0 Å². The minimum Gasteiger partial charge on any atom is -0.319 e. The predicted octanol–water partition coefficient (Wildman–Crippen LogP) is 2.04. The van der Waals surface area contributed by atoms with Crippen LogP contribution in [0.25, 0.3) is 0 Å². The molecule has 2 heteroatoms. The van der Waals surface area contributed by atoms with Gasteiger partial charge in [0, 0.05) is 6.42 Å². The molecule has 0 aromatic rings. The molecule has 2 N–H and O–H groups in total. The maximum Gasteiger partial charge on any atom is 0.152 e. The van der Waals surface area contributed by atoms with Gasteiger partial charge in [-0.25, -0.2) is 0 Å².